The highest BCUT2D eigenvalue weighted by molar-refractivity contribution is 6.19. The second-order valence-corrected chi connectivity index (χ2v) is 5.79. The SMILES string of the molecule is C=C(CCl)CN(CCC(C)C)CCC(C)C. The van der Waals surface area contributed by atoms with E-state index in [1.165, 1.54) is 25.9 Å². The number of rotatable bonds is 9. The molecule has 16 heavy (non-hydrogen) atoms. The smallest absolute Gasteiger partial charge is 0.0443 e. The molecule has 0 aromatic carbocycles. The van der Waals surface area contributed by atoms with E-state index in [1.54, 1.807) is 0 Å². The highest BCUT2D eigenvalue weighted by Gasteiger charge is 2.08. The molecule has 0 heterocycles. The van der Waals surface area contributed by atoms with Crippen molar-refractivity contribution in [3.8, 4) is 0 Å². The monoisotopic (exact) mass is 245 g/mol. The first-order chi connectivity index (χ1) is 7.45. The molecule has 0 saturated carbocycles. The van der Waals surface area contributed by atoms with Gasteiger partial charge in [-0.15, -0.1) is 11.6 Å². The molecule has 0 unspecified atom stereocenters. The zero-order valence-electron chi connectivity index (χ0n) is 11.4. The van der Waals surface area contributed by atoms with Crippen molar-refractivity contribution in [1.29, 1.82) is 0 Å². The Balaban J connectivity index is 3.99. The van der Waals surface area contributed by atoms with Gasteiger partial charge in [0.15, 0.2) is 0 Å². The van der Waals surface area contributed by atoms with Crippen LogP contribution >= 0.6 is 11.6 Å². The lowest BCUT2D eigenvalue weighted by Gasteiger charge is -2.24. The van der Waals surface area contributed by atoms with E-state index in [9.17, 15) is 0 Å². The standard InChI is InChI=1S/C14H28ClN/c1-12(2)6-8-16(9-7-13(3)4)11-14(5)10-15/h12-13H,5-11H2,1-4H3. The number of hydrogen-bond acceptors (Lipinski definition) is 1. The Morgan fingerprint density at radius 2 is 1.50 bits per heavy atom. The van der Waals surface area contributed by atoms with Crippen LogP contribution in [0.25, 0.3) is 0 Å². The summed E-state index contributed by atoms with van der Waals surface area (Å²) in [5, 5.41) is 0. The predicted octanol–water partition coefficient (Wildman–Crippen LogP) is 4.18. The van der Waals surface area contributed by atoms with Crippen LogP contribution in [0.1, 0.15) is 40.5 Å². The third-order valence-corrected chi connectivity index (χ3v) is 3.06. The molecule has 0 fully saturated rings. The molecular formula is C14H28ClN. The Hall–Kier alpha value is -0.0100. The van der Waals surface area contributed by atoms with Gasteiger partial charge in [-0.2, -0.15) is 0 Å². The zero-order chi connectivity index (χ0) is 12.6. The molecule has 0 rings (SSSR count). The lowest BCUT2D eigenvalue weighted by Crippen LogP contribution is -2.30. The number of nitrogens with zero attached hydrogens (tertiary/aromatic N) is 1. The predicted molar refractivity (Wildman–Crippen MR) is 75.2 cm³/mol. The molecule has 1 nitrogen and oxygen atoms in total. The lowest BCUT2D eigenvalue weighted by molar-refractivity contribution is 0.262. The van der Waals surface area contributed by atoms with Crippen LogP contribution in [0, 0.1) is 11.8 Å². The molecule has 0 radical (unpaired) electrons. The fourth-order valence-electron chi connectivity index (χ4n) is 1.51. The summed E-state index contributed by atoms with van der Waals surface area (Å²) in [5.41, 5.74) is 1.13. The van der Waals surface area contributed by atoms with Gasteiger partial charge in [-0.25, -0.2) is 0 Å². The van der Waals surface area contributed by atoms with Crippen molar-refractivity contribution in [3.63, 3.8) is 0 Å². The summed E-state index contributed by atoms with van der Waals surface area (Å²) >= 11 is 5.80. The van der Waals surface area contributed by atoms with E-state index in [1.807, 2.05) is 0 Å². The Labute approximate surface area is 107 Å². The molecule has 0 saturated heterocycles. The normalized spacial score (nSPS) is 11.8. The van der Waals surface area contributed by atoms with Crippen molar-refractivity contribution < 1.29 is 0 Å². The van der Waals surface area contributed by atoms with E-state index in [2.05, 4.69) is 39.2 Å². The first-order valence-electron chi connectivity index (χ1n) is 6.40. The second-order valence-electron chi connectivity index (χ2n) is 5.52. The summed E-state index contributed by atoms with van der Waals surface area (Å²) in [5.74, 6) is 2.12. The van der Waals surface area contributed by atoms with E-state index in [0.717, 1.165) is 24.0 Å². The van der Waals surface area contributed by atoms with Crippen LogP contribution in [-0.4, -0.2) is 30.4 Å². The van der Waals surface area contributed by atoms with Gasteiger partial charge in [-0.1, -0.05) is 34.3 Å². The van der Waals surface area contributed by atoms with E-state index < -0.39 is 0 Å². The molecule has 2 heteroatoms. The highest BCUT2D eigenvalue weighted by atomic mass is 35.5. The van der Waals surface area contributed by atoms with Crippen molar-refractivity contribution in [2.24, 2.45) is 11.8 Å². The molecule has 0 aliphatic carbocycles. The number of hydrogen-bond donors (Lipinski definition) is 0. The van der Waals surface area contributed by atoms with Crippen molar-refractivity contribution in [2.45, 2.75) is 40.5 Å². The molecule has 96 valence electrons. The first kappa shape index (κ1) is 16.0. The van der Waals surface area contributed by atoms with Crippen molar-refractivity contribution >= 4 is 11.6 Å². The van der Waals surface area contributed by atoms with Crippen molar-refractivity contribution in [1.82, 2.24) is 4.90 Å². The maximum atomic E-state index is 5.80. The van der Waals surface area contributed by atoms with E-state index in [-0.39, 0.29) is 0 Å². The third kappa shape index (κ3) is 9.23. The number of halogens is 1. The van der Waals surface area contributed by atoms with Crippen LogP contribution in [0.4, 0.5) is 0 Å². The average Bonchev–Trinajstić information content (AvgIpc) is 2.21. The molecule has 0 atom stereocenters. The fraction of sp³-hybridized carbons (Fsp3) is 0.857. The summed E-state index contributed by atoms with van der Waals surface area (Å²) < 4.78 is 0. The van der Waals surface area contributed by atoms with E-state index in [4.69, 9.17) is 11.6 Å². The summed E-state index contributed by atoms with van der Waals surface area (Å²) in [6.45, 7) is 16.4. The molecule has 0 aromatic rings. The summed E-state index contributed by atoms with van der Waals surface area (Å²) in [7, 11) is 0. The Morgan fingerprint density at radius 1 is 1.06 bits per heavy atom. The molecule has 0 amide bonds. The van der Waals surface area contributed by atoms with Gasteiger partial charge in [0.2, 0.25) is 0 Å². The van der Waals surface area contributed by atoms with Gasteiger partial charge in [0.25, 0.3) is 0 Å². The second kappa shape index (κ2) is 9.07. The van der Waals surface area contributed by atoms with Crippen LogP contribution in [0.3, 0.4) is 0 Å². The zero-order valence-corrected chi connectivity index (χ0v) is 12.2. The Kier molecular flexibility index (Phi) is 9.06. The van der Waals surface area contributed by atoms with Crippen LogP contribution in [0.2, 0.25) is 0 Å². The van der Waals surface area contributed by atoms with Gasteiger partial charge in [0, 0.05) is 12.4 Å². The van der Waals surface area contributed by atoms with Gasteiger partial charge in [-0.3, -0.25) is 4.90 Å². The summed E-state index contributed by atoms with van der Waals surface area (Å²) in [6.07, 6.45) is 2.52. The maximum absolute atomic E-state index is 5.80. The highest BCUT2D eigenvalue weighted by Crippen LogP contribution is 2.08. The average molecular weight is 246 g/mol. The van der Waals surface area contributed by atoms with Gasteiger partial charge < -0.3 is 0 Å². The van der Waals surface area contributed by atoms with Gasteiger partial charge in [0.05, 0.1) is 0 Å². The van der Waals surface area contributed by atoms with Crippen LogP contribution in [0.5, 0.6) is 0 Å². The molecule has 0 N–H and O–H groups in total. The quantitative estimate of drug-likeness (QED) is 0.435. The van der Waals surface area contributed by atoms with Crippen LogP contribution in [-0.2, 0) is 0 Å². The van der Waals surface area contributed by atoms with E-state index >= 15 is 0 Å². The maximum Gasteiger partial charge on any atom is 0.0443 e. The minimum atomic E-state index is 0.583. The minimum absolute atomic E-state index is 0.583. The Bertz CT molecular complexity index is 175. The van der Waals surface area contributed by atoms with Gasteiger partial charge >= 0.3 is 0 Å². The summed E-state index contributed by atoms with van der Waals surface area (Å²) in [6, 6.07) is 0. The molecule has 0 aliphatic heterocycles. The topological polar surface area (TPSA) is 3.24 Å². The van der Waals surface area contributed by atoms with Crippen molar-refractivity contribution in [2.75, 3.05) is 25.5 Å². The van der Waals surface area contributed by atoms with Gasteiger partial charge in [-0.05, 0) is 43.3 Å². The molecule has 0 aliphatic rings. The van der Waals surface area contributed by atoms with E-state index in [0.29, 0.717) is 5.88 Å². The van der Waals surface area contributed by atoms with Gasteiger partial charge in [0.1, 0.15) is 0 Å². The Morgan fingerprint density at radius 3 is 1.81 bits per heavy atom. The third-order valence-electron chi connectivity index (χ3n) is 2.68. The van der Waals surface area contributed by atoms with Crippen molar-refractivity contribution in [3.05, 3.63) is 12.2 Å². The first-order valence-corrected chi connectivity index (χ1v) is 6.94. The fourth-order valence-corrected chi connectivity index (χ4v) is 1.59. The molecule has 0 aromatic heterocycles. The largest absolute Gasteiger partial charge is 0.299 e. The molecule has 0 bridgehead atoms. The molecular weight excluding hydrogens is 218 g/mol. The van der Waals surface area contributed by atoms with Crippen LogP contribution < -0.4 is 0 Å². The van der Waals surface area contributed by atoms with Crippen LogP contribution in [0.15, 0.2) is 12.2 Å². The summed E-state index contributed by atoms with van der Waals surface area (Å²) in [4.78, 5) is 2.49. The number of alkyl halides is 1. The minimum Gasteiger partial charge on any atom is -0.299 e. The lowest BCUT2D eigenvalue weighted by atomic mass is 10.1. The molecule has 0 spiro atoms.